The maximum atomic E-state index is 12.4. The number of hydrogen-bond donors (Lipinski definition) is 1. The van der Waals surface area contributed by atoms with Crippen molar-refractivity contribution in [1.82, 2.24) is 10.2 Å². The summed E-state index contributed by atoms with van der Waals surface area (Å²) in [5.41, 5.74) is 1.84. The van der Waals surface area contributed by atoms with Crippen LogP contribution in [0, 0.1) is 0 Å². The maximum absolute atomic E-state index is 12.4. The number of benzene rings is 2. The summed E-state index contributed by atoms with van der Waals surface area (Å²) in [6, 6.07) is 10.7. The van der Waals surface area contributed by atoms with Crippen LogP contribution < -0.4 is 10.2 Å². The summed E-state index contributed by atoms with van der Waals surface area (Å²) in [6.07, 6.45) is 0. The van der Waals surface area contributed by atoms with Gasteiger partial charge in [-0.2, -0.15) is 0 Å². The van der Waals surface area contributed by atoms with Crippen LogP contribution >= 0.6 is 46.4 Å². The zero-order valence-electron chi connectivity index (χ0n) is 13.8. The largest absolute Gasteiger partial charge is 0.368 e. The van der Waals surface area contributed by atoms with Crippen molar-refractivity contribution < 1.29 is 4.79 Å². The smallest absolute Gasteiger partial charge is 0.317 e. The Bertz CT molecular complexity index is 807. The summed E-state index contributed by atoms with van der Waals surface area (Å²) >= 11 is 24.1. The average molecular weight is 433 g/mol. The summed E-state index contributed by atoms with van der Waals surface area (Å²) in [6.45, 7) is 3.07. The topological polar surface area (TPSA) is 35.6 Å². The van der Waals surface area contributed by atoms with Crippen LogP contribution in [0.2, 0.25) is 20.1 Å². The monoisotopic (exact) mass is 431 g/mol. The summed E-state index contributed by atoms with van der Waals surface area (Å²) in [7, 11) is 0. The minimum atomic E-state index is -0.107. The van der Waals surface area contributed by atoms with E-state index in [1.54, 1.807) is 23.1 Å². The van der Waals surface area contributed by atoms with Crippen molar-refractivity contribution in [1.29, 1.82) is 0 Å². The van der Waals surface area contributed by atoms with Crippen molar-refractivity contribution in [2.24, 2.45) is 0 Å². The molecule has 26 heavy (non-hydrogen) atoms. The molecular weight excluding hydrogens is 416 g/mol. The van der Waals surface area contributed by atoms with E-state index < -0.39 is 0 Å². The Morgan fingerprint density at radius 2 is 1.62 bits per heavy atom. The average Bonchev–Trinajstić information content (AvgIpc) is 2.63. The number of urea groups is 1. The van der Waals surface area contributed by atoms with Crippen molar-refractivity contribution in [3.8, 4) is 0 Å². The van der Waals surface area contributed by atoms with Gasteiger partial charge in [-0.1, -0.05) is 52.5 Å². The van der Waals surface area contributed by atoms with Gasteiger partial charge in [0.05, 0.1) is 10.0 Å². The molecule has 1 saturated heterocycles. The van der Waals surface area contributed by atoms with Crippen LogP contribution in [0.5, 0.6) is 0 Å². The molecule has 0 bridgehead atoms. The molecule has 2 aromatic rings. The van der Waals surface area contributed by atoms with Gasteiger partial charge in [0.1, 0.15) is 0 Å². The molecule has 0 aromatic heterocycles. The van der Waals surface area contributed by atoms with E-state index in [1.165, 1.54) is 0 Å². The Morgan fingerprint density at radius 1 is 0.885 bits per heavy atom. The van der Waals surface area contributed by atoms with Crippen molar-refractivity contribution >= 4 is 58.1 Å². The molecule has 3 rings (SSSR count). The fourth-order valence-corrected chi connectivity index (χ4v) is 3.56. The Morgan fingerprint density at radius 3 is 2.27 bits per heavy atom. The molecule has 0 atom stereocenters. The molecule has 0 unspecified atom stereocenters. The predicted molar refractivity (Wildman–Crippen MR) is 109 cm³/mol. The van der Waals surface area contributed by atoms with Gasteiger partial charge >= 0.3 is 6.03 Å². The minimum Gasteiger partial charge on any atom is -0.368 e. The third-order valence-electron chi connectivity index (χ3n) is 4.28. The number of nitrogens with one attached hydrogen (secondary N) is 1. The lowest BCUT2D eigenvalue weighted by atomic mass is 10.2. The SMILES string of the molecule is O=C(NCc1ccc(Cl)cc1Cl)N1CCN(c2ccc(Cl)c(Cl)c2)CC1. The number of amides is 2. The van der Waals surface area contributed by atoms with Gasteiger partial charge in [0.25, 0.3) is 0 Å². The van der Waals surface area contributed by atoms with Gasteiger partial charge in [-0.05, 0) is 35.9 Å². The molecule has 1 aliphatic heterocycles. The zero-order chi connectivity index (χ0) is 18.7. The molecule has 0 aliphatic carbocycles. The fourth-order valence-electron chi connectivity index (χ4n) is 2.80. The maximum Gasteiger partial charge on any atom is 0.317 e. The van der Waals surface area contributed by atoms with Gasteiger partial charge in [-0.15, -0.1) is 0 Å². The molecule has 138 valence electrons. The lowest BCUT2D eigenvalue weighted by Crippen LogP contribution is -2.51. The van der Waals surface area contributed by atoms with Gasteiger partial charge < -0.3 is 15.1 Å². The summed E-state index contributed by atoms with van der Waals surface area (Å²) in [5, 5.41) is 5.09. The molecule has 1 aliphatic rings. The summed E-state index contributed by atoms with van der Waals surface area (Å²) < 4.78 is 0. The van der Waals surface area contributed by atoms with E-state index in [9.17, 15) is 4.79 Å². The standard InChI is InChI=1S/C18H17Cl4N3O/c19-13-2-1-12(16(21)9-13)11-23-18(26)25-7-5-24(6-8-25)14-3-4-15(20)17(22)10-14/h1-4,9-10H,5-8,11H2,(H,23,26). The van der Waals surface area contributed by atoms with Crippen LogP contribution in [0.25, 0.3) is 0 Å². The number of carbonyl (C=O) groups is 1. The molecular formula is C18H17Cl4N3O. The molecule has 4 nitrogen and oxygen atoms in total. The molecule has 1 fully saturated rings. The first-order valence-electron chi connectivity index (χ1n) is 8.11. The highest BCUT2D eigenvalue weighted by molar-refractivity contribution is 6.42. The van der Waals surface area contributed by atoms with Crippen LogP contribution in [0.3, 0.4) is 0 Å². The van der Waals surface area contributed by atoms with Crippen LogP contribution in [0.1, 0.15) is 5.56 Å². The Labute approximate surface area is 172 Å². The van der Waals surface area contributed by atoms with Gasteiger partial charge in [0, 0.05) is 48.5 Å². The summed E-state index contributed by atoms with van der Waals surface area (Å²) in [4.78, 5) is 16.4. The van der Waals surface area contributed by atoms with Crippen molar-refractivity contribution in [3.05, 3.63) is 62.1 Å². The quantitative estimate of drug-likeness (QED) is 0.711. The molecule has 0 saturated carbocycles. The summed E-state index contributed by atoms with van der Waals surface area (Å²) in [5.74, 6) is 0. The third-order valence-corrected chi connectivity index (χ3v) is 5.61. The molecule has 2 amide bonds. The van der Waals surface area contributed by atoms with Gasteiger partial charge in [-0.25, -0.2) is 4.79 Å². The predicted octanol–water partition coefficient (Wildman–Crippen LogP) is 5.33. The minimum absolute atomic E-state index is 0.107. The van der Waals surface area contributed by atoms with E-state index in [0.29, 0.717) is 39.7 Å². The number of hydrogen-bond acceptors (Lipinski definition) is 2. The lowest BCUT2D eigenvalue weighted by molar-refractivity contribution is 0.194. The van der Waals surface area contributed by atoms with Crippen molar-refractivity contribution in [2.45, 2.75) is 6.54 Å². The van der Waals surface area contributed by atoms with E-state index in [-0.39, 0.29) is 6.03 Å². The number of nitrogens with zero attached hydrogens (tertiary/aromatic N) is 2. The van der Waals surface area contributed by atoms with E-state index in [2.05, 4.69) is 10.2 Å². The number of anilines is 1. The first-order chi connectivity index (χ1) is 12.4. The lowest BCUT2D eigenvalue weighted by Gasteiger charge is -2.36. The second kappa shape index (κ2) is 8.57. The van der Waals surface area contributed by atoms with Crippen LogP contribution in [0.4, 0.5) is 10.5 Å². The second-order valence-electron chi connectivity index (χ2n) is 5.97. The van der Waals surface area contributed by atoms with Gasteiger partial charge in [-0.3, -0.25) is 0 Å². The Balaban J connectivity index is 1.52. The first-order valence-corrected chi connectivity index (χ1v) is 9.62. The third kappa shape index (κ3) is 4.68. The van der Waals surface area contributed by atoms with Crippen LogP contribution in [0.15, 0.2) is 36.4 Å². The highest BCUT2D eigenvalue weighted by atomic mass is 35.5. The number of piperazine rings is 1. The highest BCUT2D eigenvalue weighted by Gasteiger charge is 2.21. The highest BCUT2D eigenvalue weighted by Crippen LogP contribution is 2.27. The van der Waals surface area contributed by atoms with Gasteiger partial charge in [0.15, 0.2) is 0 Å². The Kier molecular flexibility index (Phi) is 6.41. The zero-order valence-corrected chi connectivity index (χ0v) is 16.8. The molecule has 0 spiro atoms. The van der Waals surface area contributed by atoms with Crippen LogP contribution in [-0.4, -0.2) is 37.1 Å². The van der Waals surface area contributed by atoms with E-state index in [0.717, 1.165) is 24.3 Å². The van der Waals surface area contributed by atoms with Crippen molar-refractivity contribution in [3.63, 3.8) is 0 Å². The fraction of sp³-hybridized carbons (Fsp3) is 0.278. The number of halogens is 4. The van der Waals surface area contributed by atoms with Crippen molar-refractivity contribution in [2.75, 3.05) is 31.1 Å². The van der Waals surface area contributed by atoms with E-state index >= 15 is 0 Å². The Hall–Kier alpha value is -1.33. The number of carbonyl (C=O) groups excluding carboxylic acids is 1. The number of rotatable bonds is 3. The normalized spacial score (nSPS) is 14.5. The molecule has 1 N–H and O–H groups in total. The molecule has 1 heterocycles. The van der Waals surface area contributed by atoms with E-state index in [4.69, 9.17) is 46.4 Å². The molecule has 0 radical (unpaired) electrons. The molecule has 8 heteroatoms. The van der Waals surface area contributed by atoms with E-state index in [1.807, 2.05) is 18.2 Å². The second-order valence-corrected chi connectivity index (χ2v) is 7.62. The molecule has 2 aromatic carbocycles. The van der Waals surface area contributed by atoms with Gasteiger partial charge in [0.2, 0.25) is 0 Å². The van der Waals surface area contributed by atoms with Crippen LogP contribution in [-0.2, 0) is 6.54 Å². The first kappa shape index (κ1) is 19.4.